The van der Waals surface area contributed by atoms with Gasteiger partial charge in [0, 0.05) is 17.6 Å². The Kier molecular flexibility index (Phi) is 11.0. The number of rotatable bonds is 10. The predicted octanol–water partition coefficient (Wildman–Crippen LogP) is 6.32. The molecular weight excluding hydrogens is 592 g/mol. The van der Waals surface area contributed by atoms with Crippen LogP contribution in [0.3, 0.4) is 0 Å². The Hall–Kier alpha value is -1.71. The molecule has 0 bridgehead atoms. The summed E-state index contributed by atoms with van der Waals surface area (Å²) in [6.07, 6.45) is 6.27. The quantitative estimate of drug-likeness (QED) is 0.314. The number of hydrogen-bond acceptors (Lipinski definition) is 4. The monoisotopic (exact) mass is 621 g/mol. The van der Waals surface area contributed by atoms with Crippen LogP contribution in [0.15, 0.2) is 36.4 Å². The molecule has 3 rings (SSSR count). The van der Waals surface area contributed by atoms with Gasteiger partial charge in [0.25, 0.3) is 0 Å². The molecule has 208 valence electrons. The second-order valence-corrected chi connectivity index (χ2v) is 12.9. The fourth-order valence-corrected chi connectivity index (χ4v) is 6.31. The van der Waals surface area contributed by atoms with Gasteiger partial charge in [-0.25, -0.2) is 8.42 Å². The van der Waals surface area contributed by atoms with E-state index in [4.69, 9.17) is 46.4 Å². The molecule has 0 spiro atoms. The average molecular weight is 623 g/mol. The number of amides is 2. The third kappa shape index (κ3) is 7.92. The van der Waals surface area contributed by atoms with Crippen molar-refractivity contribution in [1.29, 1.82) is 0 Å². The van der Waals surface area contributed by atoms with Crippen LogP contribution in [0.5, 0.6) is 0 Å². The lowest BCUT2D eigenvalue weighted by molar-refractivity contribution is -0.140. The number of nitrogens with zero attached hydrogens (tertiary/aromatic N) is 2. The zero-order valence-corrected chi connectivity index (χ0v) is 25.1. The molecule has 38 heavy (non-hydrogen) atoms. The standard InChI is InChI=1S/C26H31Cl4N3O4S/c1-3-23(26(35)31-18-10-5-4-6-11-18)32(15-17-9-7-8-12-19(17)27)25(34)16-33(38(2,36)37)24-14-21(29)20(28)13-22(24)30/h7-9,12-14,18,23H,3-6,10-11,15-16H2,1-2H3,(H,31,35)/t23-/m0/s1. The Morgan fingerprint density at radius 2 is 1.61 bits per heavy atom. The van der Waals surface area contributed by atoms with Crippen LogP contribution in [0.25, 0.3) is 0 Å². The van der Waals surface area contributed by atoms with E-state index in [1.165, 1.54) is 17.0 Å². The largest absolute Gasteiger partial charge is 0.352 e. The van der Waals surface area contributed by atoms with E-state index >= 15 is 0 Å². The number of nitrogens with one attached hydrogen (secondary N) is 1. The van der Waals surface area contributed by atoms with Crippen LogP contribution in [-0.2, 0) is 26.2 Å². The zero-order chi connectivity index (χ0) is 28.0. The molecule has 0 aromatic heterocycles. The molecule has 0 aliphatic heterocycles. The van der Waals surface area contributed by atoms with Gasteiger partial charge < -0.3 is 10.2 Å². The van der Waals surface area contributed by atoms with Crippen LogP contribution < -0.4 is 9.62 Å². The summed E-state index contributed by atoms with van der Waals surface area (Å²) in [6, 6.07) is 8.83. The summed E-state index contributed by atoms with van der Waals surface area (Å²) in [5.74, 6) is -0.874. The predicted molar refractivity (Wildman–Crippen MR) is 155 cm³/mol. The lowest BCUT2D eigenvalue weighted by Gasteiger charge is -2.34. The van der Waals surface area contributed by atoms with E-state index in [-0.39, 0.29) is 39.2 Å². The molecule has 1 aliphatic carbocycles. The van der Waals surface area contributed by atoms with Gasteiger partial charge in [0.05, 0.1) is 27.0 Å². The van der Waals surface area contributed by atoms with Crippen molar-refractivity contribution in [2.45, 2.75) is 64.1 Å². The van der Waals surface area contributed by atoms with Crippen molar-refractivity contribution in [3.8, 4) is 0 Å². The maximum Gasteiger partial charge on any atom is 0.244 e. The summed E-state index contributed by atoms with van der Waals surface area (Å²) >= 11 is 24.9. The number of carbonyl (C=O) groups excluding carboxylic acids is 2. The molecule has 0 unspecified atom stereocenters. The normalized spacial score (nSPS) is 15.1. The van der Waals surface area contributed by atoms with Gasteiger partial charge in [-0.1, -0.05) is 90.8 Å². The molecule has 1 aliphatic rings. The van der Waals surface area contributed by atoms with Gasteiger partial charge in [-0.2, -0.15) is 0 Å². The molecule has 0 heterocycles. The molecule has 0 saturated heterocycles. The van der Waals surface area contributed by atoms with Gasteiger partial charge in [0.15, 0.2) is 0 Å². The highest BCUT2D eigenvalue weighted by molar-refractivity contribution is 7.92. The van der Waals surface area contributed by atoms with E-state index in [2.05, 4.69) is 5.32 Å². The molecule has 2 amide bonds. The maximum atomic E-state index is 13.8. The van der Waals surface area contributed by atoms with E-state index in [0.717, 1.165) is 42.7 Å². The number of hydrogen-bond donors (Lipinski definition) is 1. The Bertz CT molecular complexity index is 1270. The first-order chi connectivity index (χ1) is 17.9. The van der Waals surface area contributed by atoms with Crippen LogP contribution >= 0.6 is 46.4 Å². The topological polar surface area (TPSA) is 86.8 Å². The highest BCUT2D eigenvalue weighted by atomic mass is 35.5. The minimum Gasteiger partial charge on any atom is -0.352 e. The van der Waals surface area contributed by atoms with Gasteiger partial charge in [0.2, 0.25) is 21.8 Å². The van der Waals surface area contributed by atoms with Crippen molar-refractivity contribution in [2.75, 3.05) is 17.1 Å². The minimum absolute atomic E-state index is 0.00863. The Labute approximate surface area is 244 Å². The van der Waals surface area contributed by atoms with Crippen LogP contribution in [0.4, 0.5) is 5.69 Å². The SMILES string of the molecule is CC[C@@H](C(=O)NC1CCCCC1)N(Cc1ccccc1Cl)C(=O)CN(c1cc(Cl)c(Cl)cc1Cl)S(C)(=O)=O. The van der Waals surface area contributed by atoms with Gasteiger partial charge in [0.1, 0.15) is 12.6 Å². The molecule has 7 nitrogen and oxygen atoms in total. The Balaban J connectivity index is 1.97. The molecule has 1 atom stereocenters. The fourth-order valence-electron chi connectivity index (χ4n) is 4.57. The molecule has 1 N–H and O–H groups in total. The molecule has 2 aromatic carbocycles. The van der Waals surface area contributed by atoms with Crippen LogP contribution in [0.1, 0.15) is 51.0 Å². The highest BCUT2D eigenvalue weighted by Gasteiger charge is 2.33. The maximum absolute atomic E-state index is 13.8. The first-order valence-electron chi connectivity index (χ1n) is 12.4. The van der Waals surface area contributed by atoms with E-state index < -0.39 is 28.5 Å². The van der Waals surface area contributed by atoms with Gasteiger partial charge in [-0.15, -0.1) is 0 Å². The molecule has 0 radical (unpaired) electrons. The summed E-state index contributed by atoms with van der Waals surface area (Å²) in [5.41, 5.74) is 0.638. The van der Waals surface area contributed by atoms with Crippen molar-refractivity contribution < 1.29 is 18.0 Å². The highest BCUT2D eigenvalue weighted by Crippen LogP contribution is 2.36. The summed E-state index contributed by atoms with van der Waals surface area (Å²) < 4.78 is 26.5. The third-order valence-electron chi connectivity index (χ3n) is 6.57. The summed E-state index contributed by atoms with van der Waals surface area (Å²) in [7, 11) is -3.98. The zero-order valence-electron chi connectivity index (χ0n) is 21.2. The van der Waals surface area contributed by atoms with Crippen molar-refractivity contribution in [3.63, 3.8) is 0 Å². The first-order valence-corrected chi connectivity index (χ1v) is 15.7. The number of anilines is 1. The smallest absolute Gasteiger partial charge is 0.244 e. The van der Waals surface area contributed by atoms with Gasteiger partial charge in [-0.3, -0.25) is 13.9 Å². The lowest BCUT2D eigenvalue weighted by atomic mass is 9.95. The summed E-state index contributed by atoms with van der Waals surface area (Å²) in [4.78, 5) is 28.7. The Morgan fingerprint density at radius 1 is 0.974 bits per heavy atom. The molecule has 2 aromatic rings. The molecule has 12 heteroatoms. The third-order valence-corrected chi connectivity index (χ3v) is 9.09. The van der Waals surface area contributed by atoms with E-state index in [0.29, 0.717) is 17.0 Å². The van der Waals surface area contributed by atoms with Crippen molar-refractivity contribution in [1.82, 2.24) is 10.2 Å². The van der Waals surface area contributed by atoms with E-state index in [9.17, 15) is 18.0 Å². The van der Waals surface area contributed by atoms with Crippen molar-refractivity contribution >= 4 is 73.9 Å². The van der Waals surface area contributed by atoms with E-state index in [1.807, 2.05) is 6.92 Å². The first kappa shape index (κ1) is 30.8. The molecule has 1 saturated carbocycles. The number of benzene rings is 2. The molecule has 1 fully saturated rings. The number of sulfonamides is 1. The van der Waals surface area contributed by atoms with Crippen LogP contribution in [0, 0.1) is 0 Å². The average Bonchev–Trinajstić information content (AvgIpc) is 2.86. The summed E-state index contributed by atoms with van der Waals surface area (Å²) in [6.45, 7) is 1.22. The Morgan fingerprint density at radius 3 is 2.21 bits per heavy atom. The minimum atomic E-state index is -3.98. The van der Waals surface area contributed by atoms with Crippen molar-refractivity contribution in [3.05, 3.63) is 62.1 Å². The number of halogens is 4. The van der Waals surface area contributed by atoms with E-state index in [1.54, 1.807) is 24.3 Å². The lowest BCUT2D eigenvalue weighted by Crippen LogP contribution is -2.54. The summed E-state index contributed by atoms with van der Waals surface area (Å²) in [5, 5.41) is 3.76. The second-order valence-electron chi connectivity index (χ2n) is 9.37. The van der Waals surface area contributed by atoms with Crippen molar-refractivity contribution in [2.24, 2.45) is 0 Å². The number of carbonyl (C=O) groups is 2. The van der Waals surface area contributed by atoms with Gasteiger partial charge in [-0.05, 0) is 43.0 Å². The second kappa shape index (κ2) is 13.6. The fraction of sp³-hybridized carbons (Fsp3) is 0.462. The molecular formula is C26H31Cl4N3O4S. The van der Waals surface area contributed by atoms with Crippen LogP contribution in [-0.4, -0.2) is 50.0 Å². The van der Waals surface area contributed by atoms with Crippen LogP contribution in [0.2, 0.25) is 20.1 Å². The van der Waals surface area contributed by atoms with Gasteiger partial charge >= 0.3 is 0 Å².